The lowest BCUT2D eigenvalue weighted by Gasteiger charge is -2.33. The van der Waals surface area contributed by atoms with Crippen LogP contribution in [0.3, 0.4) is 0 Å². The van der Waals surface area contributed by atoms with E-state index >= 15 is 0 Å². The quantitative estimate of drug-likeness (QED) is 0.336. The first-order chi connectivity index (χ1) is 18.2. The number of hydrogen-bond acceptors (Lipinski definition) is 5. The number of ether oxygens (including phenoxy) is 1. The monoisotopic (exact) mass is 591 g/mol. The van der Waals surface area contributed by atoms with Gasteiger partial charge in [-0.05, 0) is 48.7 Å². The molecule has 0 aliphatic heterocycles. The number of sulfonamides is 1. The van der Waals surface area contributed by atoms with Crippen LogP contribution in [0.4, 0.5) is 18.9 Å². The summed E-state index contributed by atoms with van der Waals surface area (Å²) in [7, 11) is -2.72. The number of unbranched alkanes of at least 4 members (excludes halogenated alkanes) is 1. The van der Waals surface area contributed by atoms with Crippen LogP contribution in [0.1, 0.15) is 44.2 Å². The molecule has 0 bridgehead atoms. The van der Waals surface area contributed by atoms with Crippen LogP contribution < -0.4 is 14.4 Å². The smallest absolute Gasteiger partial charge is 0.417 e. The first-order valence-corrected chi connectivity index (χ1v) is 14.5. The molecule has 0 unspecified atom stereocenters. The predicted molar refractivity (Wildman–Crippen MR) is 144 cm³/mol. The summed E-state index contributed by atoms with van der Waals surface area (Å²) in [5.74, 6) is -0.603. The van der Waals surface area contributed by atoms with Gasteiger partial charge in [-0.2, -0.15) is 13.2 Å². The fourth-order valence-corrected chi connectivity index (χ4v) is 4.92. The van der Waals surface area contributed by atoms with Crippen molar-refractivity contribution < 1.29 is 35.9 Å². The molecular weight excluding hydrogens is 559 g/mol. The summed E-state index contributed by atoms with van der Waals surface area (Å²) in [6.07, 6.45) is -2.27. The highest BCUT2D eigenvalue weighted by atomic mass is 35.5. The number of halogens is 4. The molecule has 2 aromatic rings. The van der Waals surface area contributed by atoms with E-state index in [0.29, 0.717) is 28.2 Å². The highest BCUT2D eigenvalue weighted by Gasteiger charge is 2.36. The largest absolute Gasteiger partial charge is 0.497 e. The van der Waals surface area contributed by atoms with Crippen molar-refractivity contribution in [1.82, 2.24) is 10.2 Å². The molecule has 0 aromatic heterocycles. The van der Waals surface area contributed by atoms with E-state index < -0.39 is 51.2 Å². The lowest BCUT2D eigenvalue weighted by Crippen LogP contribution is -2.52. The van der Waals surface area contributed by atoms with Gasteiger partial charge in [-0.3, -0.25) is 13.9 Å². The van der Waals surface area contributed by atoms with E-state index in [1.54, 1.807) is 31.2 Å². The predicted octanol–water partition coefficient (Wildman–Crippen LogP) is 4.86. The van der Waals surface area contributed by atoms with Gasteiger partial charge < -0.3 is 15.0 Å². The Morgan fingerprint density at radius 1 is 1.10 bits per heavy atom. The van der Waals surface area contributed by atoms with Crippen LogP contribution in [0.25, 0.3) is 0 Å². The van der Waals surface area contributed by atoms with Crippen LogP contribution in [-0.4, -0.2) is 57.6 Å². The third-order valence-electron chi connectivity index (χ3n) is 5.95. The first-order valence-electron chi connectivity index (χ1n) is 12.3. The molecule has 2 aromatic carbocycles. The van der Waals surface area contributed by atoms with Gasteiger partial charge in [0.15, 0.2) is 0 Å². The van der Waals surface area contributed by atoms with Crippen molar-refractivity contribution in [3.63, 3.8) is 0 Å². The minimum Gasteiger partial charge on any atom is -0.497 e. The van der Waals surface area contributed by atoms with Crippen LogP contribution >= 0.6 is 11.6 Å². The summed E-state index contributed by atoms with van der Waals surface area (Å²) in [6, 6.07) is 8.40. The summed E-state index contributed by atoms with van der Waals surface area (Å²) in [4.78, 5) is 27.9. The van der Waals surface area contributed by atoms with Gasteiger partial charge >= 0.3 is 6.18 Å². The van der Waals surface area contributed by atoms with Crippen molar-refractivity contribution in [1.29, 1.82) is 0 Å². The van der Waals surface area contributed by atoms with Crippen LogP contribution in [0, 0.1) is 0 Å². The molecule has 0 heterocycles. The molecule has 0 saturated carbocycles. The second-order valence-electron chi connectivity index (χ2n) is 8.87. The standard InChI is InChI=1S/C26H33ClF3N3O5S/c1-5-7-14-31-25(35)23(6-2)32(16-18-8-11-20(38-3)12-9-18)24(34)17-33(39(4,36)37)19-10-13-22(27)21(15-19)26(28,29)30/h8-13,15,23H,5-7,14,16-17H2,1-4H3,(H,31,35)/t23-/m0/s1. The molecular formula is C26H33ClF3N3O5S. The molecule has 8 nitrogen and oxygen atoms in total. The van der Waals surface area contributed by atoms with Gasteiger partial charge in [0.25, 0.3) is 0 Å². The van der Waals surface area contributed by atoms with Crippen LogP contribution in [0.15, 0.2) is 42.5 Å². The number of rotatable bonds is 13. The zero-order valence-corrected chi connectivity index (χ0v) is 23.8. The second-order valence-corrected chi connectivity index (χ2v) is 11.2. The van der Waals surface area contributed by atoms with Gasteiger partial charge in [-0.1, -0.05) is 44.0 Å². The van der Waals surface area contributed by atoms with Crippen LogP contribution in [0.2, 0.25) is 5.02 Å². The Hall–Kier alpha value is -2.99. The number of methoxy groups -OCH3 is 1. The first kappa shape index (κ1) is 32.2. The average molecular weight is 592 g/mol. The molecule has 39 heavy (non-hydrogen) atoms. The number of anilines is 1. The number of nitrogens with zero attached hydrogens (tertiary/aromatic N) is 2. The number of amides is 2. The minimum atomic E-state index is -4.84. The van der Waals surface area contributed by atoms with Crippen LogP contribution in [0.5, 0.6) is 5.75 Å². The zero-order chi connectivity index (χ0) is 29.4. The molecule has 2 rings (SSSR count). The Kier molecular flexibility index (Phi) is 11.5. The third-order valence-corrected chi connectivity index (χ3v) is 7.42. The van der Waals surface area contributed by atoms with E-state index in [-0.39, 0.29) is 18.7 Å². The highest BCUT2D eigenvalue weighted by Crippen LogP contribution is 2.37. The Morgan fingerprint density at radius 3 is 2.26 bits per heavy atom. The topological polar surface area (TPSA) is 96.0 Å². The second kappa shape index (κ2) is 13.9. The SMILES string of the molecule is CCCCNC(=O)[C@H](CC)N(Cc1ccc(OC)cc1)C(=O)CN(c1ccc(Cl)c(C(F)(F)F)c1)S(C)(=O)=O. The molecule has 1 N–H and O–H groups in total. The maximum Gasteiger partial charge on any atom is 0.417 e. The van der Waals surface area contributed by atoms with E-state index in [9.17, 15) is 31.2 Å². The molecule has 0 aliphatic carbocycles. The summed E-state index contributed by atoms with van der Waals surface area (Å²) in [6.45, 7) is 3.20. The summed E-state index contributed by atoms with van der Waals surface area (Å²) in [5, 5.41) is 2.19. The molecule has 0 fully saturated rings. The molecule has 0 spiro atoms. The number of nitrogens with one attached hydrogen (secondary N) is 1. The van der Waals surface area contributed by atoms with E-state index in [2.05, 4.69) is 5.32 Å². The van der Waals surface area contributed by atoms with E-state index in [1.807, 2.05) is 6.92 Å². The van der Waals surface area contributed by atoms with Crippen molar-refractivity contribution in [3.05, 3.63) is 58.6 Å². The molecule has 0 radical (unpaired) electrons. The Morgan fingerprint density at radius 2 is 1.74 bits per heavy atom. The molecule has 216 valence electrons. The number of alkyl halides is 3. The third kappa shape index (κ3) is 9.03. The molecule has 1 atom stereocenters. The maximum atomic E-state index is 13.7. The van der Waals surface area contributed by atoms with E-state index in [0.717, 1.165) is 31.2 Å². The van der Waals surface area contributed by atoms with Crippen molar-refractivity contribution in [2.45, 2.75) is 51.9 Å². The molecule has 0 saturated heterocycles. The zero-order valence-electron chi connectivity index (χ0n) is 22.2. The van der Waals surface area contributed by atoms with Crippen molar-refractivity contribution in [2.75, 3.05) is 30.8 Å². The average Bonchev–Trinajstić information content (AvgIpc) is 2.86. The summed E-state index contributed by atoms with van der Waals surface area (Å²) < 4.78 is 71.4. The lowest BCUT2D eigenvalue weighted by atomic mass is 10.1. The summed E-state index contributed by atoms with van der Waals surface area (Å²) in [5.41, 5.74) is -0.979. The van der Waals surface area contributed by atoms with E-state index in [1.165, 1.54) is 12.0 Å². The number of benzene rings is 2. The lowest BCUT2D eigenvalue weighted by molar-refractivity contribution is -0.140. The fourth-order valence-electron chi connectivity index (χ4n) is 3.85. The molecule has 13 heteroatoms. The van der Waals surface area contributed by atoms with Crippen molar-refractivity contribution >= 4 is 39.1 Å². The van der Waals surface area contributed by atoms with Gasteiger partial charge in [-0.25, -0.2) is 8.42 Å². The van der Waals surface area contributed by atoms with E-state index in [4.69, 9.17) is 16.3 Å². The number of hydrogen-bond donors (Lipinski definition) is 1. The minimum absolute atomic E-state index is 0.0471. The number of carbonyl (C=O) groups excluding carboxylic acids is 2. The van der Waals surface area contributed by atoms with Crippen LogP contribution in [-0.2, 0) is 32.3 Å². The Labute approximate surface area is 232 Å². The molecule has 2 amide bonds. The van der Waals surface area contributed by atoms with Gasteiger partial charge in [0.2, 0.25) is 21.8 Å². The normalized spacial score (nSPS) is 12.5. The Balaban J connectivity index is 2.49. The maximum absolute atomic E-state index is 13.7. The molecule has 0 aliphatic rings. The summed E-state index contributed by atoms with van der Waals surface area (Å²) >= 11 is 5.70. The van der Waals surface area contributed by atoms with Gasteiger partial charge in [0.1, 0.15) is 18.3 Å². The highest BCUT2D eigenvalue weighted by molar-refractivity contribution is 7.92. The van der Waals surface area contributed by atoms with Gasteiger partial charge in [0, 0.05) is 13.1 Å². The van der Waals surface area contributed by atoms with Crippen molar-refractivity contribution in [2.24, 2.45) is 0 Å². The fraction of sp³-hybridized carbons (Fsp3) is 0.462. The van der Waals surface area contributed by atoms with Gasteiger partial charge in [0.05, 0.1) is 29.6 Å². The Bertz CT molecular complexity index is 1240. The van der Waals surface area contributed by atoms with Crippen molar-refractivity contribution in [3.8, 4) is 5.75 Å². The van der Waals surface area contributed by atoms with Gasteiger partial charge in [-0.15, -0.1) is 0 Å². The number of carbonyl (C=O) groups is 2.